The highest BCUT2D eigenvalue weighted by molar-refractivity contribution is 5.87. The van der Waals surface area contributed by atoms with Gasteiger partial charge < -0.3 is 9.84 Å². The van der Waals surface area contributed by atoms with E-state index in [0.717, 1.165) is 18.4 Å². The molecule has 1 aromatic rings. The molecule has 1 aromatic carbocycles. The molecule has 0 aliphatic carbocycles. The lowest BCUT2D eigenvalue weighted by atomic mass is 10.1. The normalized spacial score (nSPS) is 9.81. The fraction of sp³-hybridized carbons (Fsp3) is 0.333. The number of aromatic carboxylic acids is 1. The third-order valence-corrected chi connectivity index (χ3v) is 2.12. The lowest BCUT2D eigenvalue weighted by Gasteiger charge is -2.02. The predicted octanol–water partition coefficient (Wildman–Crippen LogP) is 1.88. The Balaban J connectivity index is 2.38. The van der Waals surface area contributed by atoms with Crippen molar-refractivity contribution in [2.24, 2.45) is 0 Å². The van der Waals surface area contributed by atoms with Crippen molar-refractivity contribution in [3.05, 3.63) is 35.4 Å². The summed E-state index contributed by atoms with van der Waals surface area (Å²) in [5.41, 5.74) is 1.32. The lowest BCUT2D eigenvalue weighted by molar-refractivity contribution is -0.141. The van der Waals surface area contributed by atoms with E-state index in [1.165, 1.54) is 6.92 Å². The predicted molar refractivity (Wildman–Crippen MR) is 58.4 cm³/mol. The number of carbonyl (C=O) groups excluding carboxylic acids is 1. The SMILES string of the molecule is CC(=O)OCCCc1ccc(C(=O)O)cc1. The summed E-state index contributed by atoms with van der Waals surface area (Å²) < 4.78 is 4.79. The van der Waals surface area contributed by atoms with E-state index in [1.54, 1.807) is 24.3 Å². The van der Waals surface area contributed by atoms with Gasteiger partial charge in [-0.15, -0.1) is 0 Å². The molecule has 0 radical (unpaired) electrons. The number of rotatable bonds is 5. The molecule has 0 heterocycles. The minimum Gasteiger partial charge on any atom is -0.478 e. The molecular formula is C12H14O4. The molecule has 86 valence electrons. The Morgan fingerprint density at radius 2 is 1.88 bits per heavy atom. The fourth-order valence-corrected chi connectivity index (χ4v) is 1.31. The number of benzene rings is 1. The number of carboxylic acid groups (broad SMARTS) is 1. The molecule has 1 rings (SSSR count). The number of carbonyl (C=O) groups is 2. The van der Waals surface area contributed by atoms with Crippen molar-refractivity contribution in [1.29, 1.82) is 0 Å². The average molecular weight is 222 g/mol. The second kappa shape index (κ2) is 5.90. The minimum atomic E-state index is -0.925. The van der Waals surface area contributed by atoms with Gasteiger partial charge in [-0.05, 0) is 30.5 Å². The van der Waals surface area contributed by atoms with Gasteiger partial charge in [0.2, 0.25) is 0 Å². The van der Waals surface area contributed by atoms with Crippen molar-refractivity contribution in [1.82, 2.24) is 0 Å². The Morgan fingerprint density at radius 3 is 2.38 bits per heavy atom. The van der Waals surface area contributed by atoms with Crippen molar-refractivity contribution in [2.45, 2.75) is 19.8 Å². The van der Waals surface area contributed by atoms with Crippen LogP contribution in [0.5, 0.6) is 0 Å². The van der Waals surface area contributed by atoms with Gasteiger partial charge in [0.1, 0.15) is 0 Å². The van der Waals surface area contributed by atoms with Gasteiger partial charge >= 0.3 is 11.9 Å². The van der Waals surface area contributed by atoms with E-state index in [1.807, 2.05) is 0 Å². The third kappa shape index (κ3) is 4.13. The van der Waals surface area contributed by atoms with Crippen LogP contribution in [0.1, 0.15) is 29.3 Å². The average Bonchev–Trinajstić information content (AvgIpc) is 2.25. The molecule has 0 fully saturated rings. The van der Waals surface area contributed by atoms with Crippen LogP contribution >= 0.6 is 0 Å². The first-order valence-electron chi connectivity index (χ1n) is 5.05. The molecule has 0 atom stereocenters. The molecule has 16 heavy (non-hydrogen) atoms. The van der Waals surface area contributed by atoms with Gasteiger partial charge in [0, 0.05) is 6.92 Å². The molecule has 0 bridgehead atoms. The largest absolute Gasteiger partial charge is 0.478 e. The highest BCUT2D eigenvalue weighted by Gasteiger charge is 2.01. The van der Waals surface area contributed by atoms with E-state index < -0.39 is 5.97 Å². The number of hydrogen-bond donors (Lipinski definition) is 1. The quantitative estimate of drug-likeness (QED) is 0.610. The topological polar surface area (TPSA) is 63.6 Å². The Bertz CT molecular complexity index is 367. The van der Waals surface area contributed by atoms with Crippen LogP contribution in [0.3, 0.4) is 0 Å². The van der Waals surface area contributed by atoms with Gasteiger partial charge in [-0.3, -0.25) is 4.79 Å². The van der Waals surface area contributed by atoms with Crippen molar-refractivity contribution in [3.63, 3.8) is 0 Å². The second-order valence-corrected chi connectivity index (χ2v) is 3.45. The summed E-state index contributed by atoms with van der Waals surface area (Å²) in [6, 6.07) is 6.70. The van der Waals surface area contributed by atoms with Crippen LogP contribution < -0.4 is 0 Å². The molecule has 0 amide bonds. The van der Waals surface area contributed by atoms with Crippen molar-refractivity contribution >= 4 is 11.9 Å². The molecule has 0 unspecified atom stereocenters. The smallest absolute Gasteiger partial charge is 0.335 e. The summed E-state index contributed by atoms with van der Waals surface area (Å²) in [5.74, 6) is -1.20. The van der Waals surface area contributed by atoms with Gasteiger partial charge in [-0.25, -0.2) is 4.79 Å². The van der Waals surface area contributed by atoms with Gasteiger partial charge in [-0.2, -0.15) is 0 Å². The van der Waals surface area contributed by atoms with Crippen molar-refractivity contribution in [2.75, 3.05) is 6.61 Å². The molecule has 0 spiro atoms. The molecule has 0 aromatic heterocycles. The van der Waals surface area contributed by atoms with Gasteiger partial charge in [0.05, 0.1) is 12.2 Å². The van der Waals surface area contributed by atoms with E-state index in [0.29, 0.717) is 6.61 Å². The summed E-state index contributed by atoms with van der Waals surface area (Å²) in [7, 11) is 0. The van der Waals surface area contributed by atoms with E-state index in [4.69, 9.17) is 9.84 Å². The van der Waals surface area contributed by atoms with Crippen molar-refractivity contribution in [3.8, 4) is 0 Å². The van der Waals surface area contributed by atoms with Gasteiger partial charge in [-0.1, -0.05) is 12.1 Å². The van der Waals surface area contributed by atoms with Gasteiger partial charge in [0.25, 0.3) is 0 Å². The number of ether oxygens (including phenoxy) is 1. The number of esters is 1. The van der Waals surface area contributed by atoms with Crippen LogP contribution in [0.15, 0.2) is 24.3 Å². The molecule has 0 saturated heterocycles. The van der Waals surface area contributed by atoms with Crippen LogP contribution in [-0.2, 0) is 16.0 Å². The van der Waals surface area contributed by atoms with E-state index in [9.17, 15) is 9.59 Å². The van der Waals surface area contributed by atoms with Crippen LogP contribution in [0.4, 0.5) is 0 Å². The summed E-state index contributed by atoms with van der Waals surface area (Å²) in [6.45, 7) is 1.78. The Labute approximate surface area is 93.9 Å². The first-order chi connectivity index (χ1) is 7.59. The van der Waals surface area contributed by atoms with E-state index >= 15 is 0 Å². The van der Waals surface area contributed by atoms with Crippen LogP contribution in [-0.4, -0.2) is 23.7 Å². The molecular weight excluding hydrogens is 208 g/mol. The zero-order valence-corrected chi connectivity index (χ0v) is 9.10. The monoisotopic (exact) mass is 222 g/mol. The van der Waals surface area contributed by atoms with E-state index in [-0.39, 0.29) is 11.5 Å². The van der Waals surface area contributed by atoms with Crippen LogP contribution in [0.25, 0.3) is 0 Å². The van der Waals surface area contributed by atoms with E-state index in [2.05, 4.69) is 0 Å². The highest BCUT2D eigenvalue weighted by Crippen LogP contribution is 2.06. The van der Waals surface area contributed by atoms with Crippen LogP contribution in [0.2, 0.25) is 0 Å². The maximum Gasteiger partial charge on any atom is 0.335 e. The standard InChI is InChI=1S/C12H14O4/c1-9(13)16-8-2-3-10-4-6-11(7-5-10)12(14)15/h4-7H,2-3,8H2,1H3,(H,14,15). The third-order valence-electron chi connectivity index (χ3n) is 2.12. The summed E-state index contributed by atoms with van der Waals surface area (Å²) in [4.78, 5) is 21.1. The molecule has 4 nitrogen and oxygen atoms in total. The highest BCUT2D eigenvalue weighted by atomic mass is 16.5. The molecule has 0 saturated carbocycles. The first-order valence-corrected chi connectivity index (χ1v) is 5.05. The molecule has 4 heteroatoms. The maximum absolute atomic E-state index is 10.6. The van der Waals surface area contributed by atoms with Crippen LogP contribution in [0, 0.1) is 0 Å². The zero-order chi connectivity index (χ0) is 12.0. The number of carboxylic acids is 1. The molecule has 0 aliphatic rings. The molecule has 0 aliphatic heterocycles. The minimum absolute atomic E-state index is 0.277. The first kappa shape index (κ1) is 12.2. The molecule has 1 N–H and O–H groups in total. The zero-order valence-electron chi connectivity index (χ0n) is 9.10. The lowest BCUT2D eigenvalue weighted by Crippen LogP contribution is -2.02. The summed E-state index contributed by atoms with van der Waals surface area (Å²) in [6.07, 6.45) is 1.51. The van der Waals surface area contributed by atoms with Crippen molar-refractivity contribution < 1.29 is 19.4 Å². The fourth-order valence-electron chi connectivity index (χ4n) is 1.31. The van der Waals surface area contributed by atoms with Gasteiger partial charge in [0.15, 0.2) is 0 Å². The Morgan fingerprint density at radius 1 is 1.25 bits per heavy atom. The summed E-state index contributed by atoms with van der Waals surface area (Å²) >= 11 is 0. The second-order valence-electron chi connectivity index (χ2n) is 3.45. The Kier molecular flexibility index (Phi) is 4.51. The Hall–Kier alpha value is -1.84. The number of aryl methyl sites for hydroxylation is 1. The maximum atomic E-state index is 10.6. The number of hydrogen-bond acceptors (Lipinski definition) is 3. The summed E-state index contributed by atoms with van der Waals surface area (Å²) in [5, 5.41) is 8.69.